The predicted molar refractivity (Wildman–Crippen MR) is 423 cm³/mol. The summed E-state index contributed by atoms with van der Waals surface area (Å²) < 4.78 is 68.8. The van der Waals surface area contributed by atoms with E-state index >= 15 is 0 Å². The minimum atomic E-state index is -4.96. The number of esters is 4. The maximum absolute atomic E-state index is 13.1. The minimum Gasteiger partial charge on any atom is -0.462 e. The summed E-state index contributed by atoms with van der Waals surface area (Å²) in [5.74, 6) is -0.577. The van der Waals surface area contributed by atoms with E-state index in [4.69, 9.17) is 37.0 Å². The van der Waals surface area contributed by atoms with E-state index in [1.54, 1.807) is 0 Å². The first-order valence-corrected chi connectivity index (χ1v) is 46.5. The van der Waals surface area contributed by atoms with E-state index in [1.165, 1.54) is 257 Å². The van der Waals surface area contributed by atoms with Crippen LogP contribution in [0.15, 0.2) is 0 Å². The topological polar surface area (TPSA) is 237 Å². The van der Waals surface area contributed by atoms with Crippen LogP contribution >= 0.6 is 15.6 Å². The molecule has 0 aromatic carbocycles. The molecule has 0 rings (SSSR count). The van der Waals surface area contributed by atoms with Gasteiger partial charge in [0.15, 0.2) is 12.2 Å². The fraction of sp³-hybridized carbons (Fsp3) is 0.952. The summed E-state index contributed by atoms with van der Waals surface area (Å²) in [7, 11) is -9.92. The molecule has 0 aliphatic carbocycles. The smallest absolute Gasteiger partial charge is 0.462 e. The third-order valence-electron chi connectivity index (χ3n) is 20.1. The first-order valence-electron chi connectivity index (χ1n) is 43.5. The fourth-order valence-electron chi connectivity index (χ4n) is 13.0. The van der Waals surface area contributed by atoms with Crippen LogP contribution in [-0.2, 0) is 65.4 Å². The van der Waals surface area contributed by atoms with Crippen LogP contribution in [0, 0.1) is 11.8 Å². The standard InChI is InChI=1S/C84H164O17P2/c1-7-10-12-14-16-18-20-22-24-26-27-29-31-37-41-45-49-57-62-68-83(88)100-79(72-94-81(86)66-60-54-47-43-39-35-33-32-34-38-42-46-53-59-65-77(6)9-3)74-98-102(90,91)96-70-78(85)71-97-103(92,93)99-75-80(73-95-82(87)67-61-55-51-50-52-58-64-76(4)5)101-84(89)69-63-56-48-44-40-36-30-28-25-23-21-19-17-15-13-11-8-2/h76-80,85H,7-75H2,1-6H3,(H,90,91)(H,92,93)/t77?,78-,79-,80-/m1/s1. The zero-order valence-corrected chi connectivity index (χ0v) is 69.4. The van der Waals surface area contributed by atoms with Crippen molar-refractivity contribution in [3.63, 3.8) is 0 Å². The molecule has 0 spiro atoms. The molecule has 3 N–H and O–H groups in total. The Labute approximate surface area is 632 Å². The van der Waals surface area contributed by atoms with Gasteiger partial charge in [-0.15, -0.1) is 0 Å². The summed E-state index contributed by atoms with van der Waals surface area (Å²) in [6, 6.07) is 0. The maximum Gasteiger partial charge on any atom is 0.472 e. The van der Waals surface area contributed by atoms with Gasteiger partial charge in [0.05, 0.1) is 26.4 Å². The summed E-state index contributed by atoms with van der Waals surface area (Å²) in [6.45, 7) is 9.63. The molecule has 0 aromatic rings. The zero-order valence-electron chi connectivity index (χ0n) is 67.6. The highest BCUT2D eigenvalue weighted by Crippen LogP contribution is 2.45. The fourth-order valence-corrected chi connectivity index (χ4v) is 14.6. The highest BCUT2D eigenvalue weighted by molar-refractivity contribution is 7.47. The van der Waals surface area contributed by atoms with E-state index in [2.05, 4.69) is 41.5 Å². The Kier molecular flexibility index (Phi) is 74.1. The van der Waals surface area contributed by atoms with Crippen molar-refractivity contribution in [2.75, 3.05) is 39.6 Å². The highest BCUT2D eigenvalue weighted by Gasteiger charge is 2.30. The Hall–Kier alpha value is -1.94. The third-order valence-corrected chi connectivity index (χ3v) is 22.0. The van der Waals surface area contributed by atoms with Crippen LogP contribution < -0.4 is 0 Å². The maximum atomic E-state index is 13.1. The van der Waals surface area contributed by atoms with Crippen LogP contribution in [-0.4, -0.2) is 96.7 Å². The van der Waals surface area contributed by atoms with Crippen molar-refractivity contribution in [1.82, 2.24) is 0 Å². The van der Waals surface area contributed by atoms with Crippen LogP contribution in [0.3, 0.4) is 0 Å². The molecule has 6 atom stereocenters. The molecule has 3 unspecified atom stereocenters. The molecular weight excluding hydrogens is 1340 g/mol. The van der Waals surface area contributed by atoms with Gasteiger partial charge in [-0.1, -0.05) is 395 Å². The lowest BCUT2D eigenvalue weighted by Crippen LogP contribution is -2.30. The highest BCUT2D eigenvalue weighted by atomic mass is 31.2. The number of unbranched alkanes of at least 4 members (excludes halogenated alkanes) is 52. The number of phosphoric ester groups is 2. The van der Waals surface area contributed by atoms with Gasteiger partial charge in [-0.2, -0.15) is 0 Å². The van der Waals surface area contributed by atoms with Gasteiger partial charge in [0.25, 0.3) is 0 Å². The first-order chi connectivity index (χ1) is 49.9. The lowest BCUT2D eigenvalue weighted by Gasteiger charge is -2.21. The van der Waals surface area contributed by atoms with Gasteiger partial charge in [0.2, 0.25) is 0 Å². The van der Waals surface area contributed by atoms with E-state index in [0.717, 1.165) is 102 Å². The number of phosphoric acid groups is 2. The Bertz CT molecular complexity index is 1980. The number of aliphatic hydroxyl groups excluding tert-OH is 1. The lowest BCUT2D eigenvalue weighted by atomic mass is 9.99. The largest absolute Gasteiger partial charge is 0.472 e. The van der Waals surface area contributed by atoms with E-state index in [-0.39, 0.29) is 25.7 Å². The number of carbonyl (C=O) groups excluding carboxylic acids is 4. The number of rotatable bonds is 83. The van der Waals surface area contributed by atoms with Crippen molar-refractivity contribution in [3.05, 3.63) is 0 Å². The molecule has 0 heterocycles. The number of hydrogen-bond donors (Lipinski definition) is 3. The second-order valence-electron chi connectivity index (χ2n) is 30.9. The van der Waals surface area contributed by atoms with Gasteiger partial charge in [-0.05, 0) is 37.5 Å². The summed E-state index contributed by atoms with van der Waals surface area (Å²) in [6.07, 6.45) is 66.7. The molecule has 0 amide bonds. The van der Waals surface area contributed by atoms with E-state index < -0.39 is 97.5 Å². The van der Waals surface area contributed by atoms with Crippen LogP contribution in [0.5, 0.6) is 0 Å². The summed E-state index contributed by atoms with van der Waals surface area (Å²) in [5, 5.41) is 10.7. The Morgan fingerprint density at radius 1 is 0.282 bits per heavy atom. The quantitative estimate of drug-likeness (QED) is 0.0222. The second-order valence-corrected chi connectivity index (χ2v) is 33.8. The Morgan fingerprint density at radius 3 is 0.738 bits per heavy atom. The molecule has 0 saturated carbocycles. The molecule has 0 aromatic heterocycles. The van der Waals surface area contributed by atoms with Crippen LogP contribution in [0.2, 0.25) is 0 Å². The van der Waals surface area contributed by atoms with Crippen LogP contribution in [0.1, 0.15) is 446 Å². The minimum absolute atomic E-state index is 0.108. The van der Waals surface area contributed by atoms with Gasteiger partial charge in [-0.25, -0.2) is 9.13 Å². The molecule has 0 radical (unpaired) electrons. The SMILES string of the molecule is CCCCCCCCCCCCCCCCCCCCCC(=O)O[C@H](COC(=O)CCCCCCCCCCCCCCCCC(C)CC)COP(=O)(O)OC[C@@H](O)COP(=O)(O)OC[C@@H](COC(=O)CCCCCCCCC(C)C)OC(=O)CCCCCCCCCCCCCCCCCCC. The van der Waals surface area contributed by atoms with Gasteiger partial charge >= 0.3 is 39.5 Å². The van der Waals surface area contributed by atoms with Crippen molar-refractivity contribution in [2.45, 2.75) is 464 Å². The molecule has 19 heteroatoms. The molecular formula is C84H164O17P2. The molecule has 0 bridgehead atoms. The van der Waals surface area contributed by atoms with Crippen LogP contribution in [0.4, 0.5) is 0 Å². The number of aliphatic hydroxyl groups is 1. The summed E-state index contributed by atoms with van der Waals surface area (Å²) in [5.41, 5.74) is 0. The zero-order chi connectivity index (χ0) is 75.6. The van der Waals surface area contributed by atoms with E-state index in [0.29, 0.717) is 31.6 Å². The third kappa shape index (κ3) is 76.6. The van der Waals surface area contributed by atoms with Crippen molar-refractivity contribution in [2.24, 2.45) is 11.8 Å². The summed E-state index contributed by atoms with van der Waals surface area (Å²) >= 11 is 0. The van der Waals surface area contributed by atoms with Gasteiger partial charge in [0, 0.05) is 25.7 Å². The molecule has 0 saturated heterocycles. The molecule has 0 aliphatic heterocycles. The molecule has 103 heavy (non-hydrogen) atoms. The Balaban J connectivity index is 5.22. The van der Waals surface area contributed by atoms with E-state index in [1.807, 2.05) is 0 Å². The summed E-state index contributed by atoms with van der Waals surface area (Å²) in [4.78, 5) is 73.1. The van der Waals surface area contributed by atoms with Crippen molar-refractivity contribution in [3.8, 4) is 0 Å². The predicted octanol–water partition coefficient (Wildman–Crippen LogP) is 25.5. The molecule has 0 aliphatic rings. The van der Waals surface area contributed by atoms with Crippen molar-refractivity contribution in [1.29, 1.82) is 0 Å². The average Bonchev–Trinajstić information content (AvgIpc) is 0.920. The van der Waals surface area contributed by atoms with Crippen LogP contribution in [0.25, 0.3) is 0 Å². The molecule has 17 nitrogen and oxygen atoms in total. The first kappa shape index (κ1) is 101. The second kappa shape index (κ2) is 75.5. The van der Waals surface area contributed by atoms with Crippen molar-refractivity contribution < 1.29 is 80.2 Å². The van der Waals surface area contributed by atoms with E-state index in [9.17, 15) is 43.2 Å². The lowest BCUT2D eigenvalue weighted by molar-refractivity contribution is -0.161. The number of hydrogen-bond acceptors (Lipinski definition) is 15. The molecule has 0 fully saturated rings. The van der Waals surface area contributed by atoms with Gasteiger partial charge < -0.3 is 33.8 Å². The Morgan fingerprint density at radius 2 is 0.495 bits per heavy atom. The van der Waals surface area contributed by atoms with Gasteiger partial charge in [-0.3, -0.25) is 37.3 Å². The average molecular weight is 1510 g/mol. The molecule has 612 valence electrons. The van der Waals surface area contributed by atoms with Crippen molar-refractivity contribution >= 4 is 39.5 Å². The van der Waals surface area contributed by atoms with Gasteiger partial charge in [0.1, 0.15) is 19.3 Å². The monoisotopic (exact) mass is 1510 g/mol. The number of ether oxygens (including phenoxy) is 4. The normalized spacial score (nSPS) is 14.1. The number of carbonyl (C=O) groups is 4.